The number of hydrogen-bond donors (Lipinski definition) is 1. The van der Waals surface area contributed by atoms with E-state index in [1.54, 1.807) is 13.3 Å². The minimum Gasteiger partial charge on any atom is -0.497 e. The van der Waals surface area contributed by atoms with Gasteiger partial charge in [-0.25, -0.2) is 4.98 Å². The average Bonchev–Trinajstić information content (AvgIpc) is 3.16. The zero-order chi connectivity index (χ0) is 19.3. The molecule has 0 aliphatic rings. The van der Waals surface area contributed by atoms with Gasteiger partial charge in [0.05, 0.1) is 25.4 Å². The van der Waals surface area contributed by atoms with E-state index in [-0.39, 0.29) is 6.61 Å². The van der Waals surface area contributed by atoms with Crippen molar-refractivity contribution in [2.45, 2.75) is 19.8 Å². The number of aliphatic hydroxyl groups is 1. The molecule has 2 aromatic carbocycles. The van der Waals surface area contributed by atoms with Crippen LogP contribution in [0.5, 0.6) is 11.6 Å². The van der Waals surface area contributed by atoms with Crippen LogP contribution >= 0.6 is 0 Å². The Morgan fingerprint density at radius 3 is 2.46 bits per heavy atom. The number of hydrogen-bond acceptors (Lipinski definition) is 4. The quantitative estimate of drug-likeness (QED) is 0.528. The predicted octanol–water partition coefficient (Wildman–Crippen LogP) is 4.16. The monoisotopic (exact) mass is 374 g/mol. The van der Waals surface area contributed by atoms with Crippen molar-refractivity contribution in [1.82, 2.24) is 9.55 Å². The summed E-state index contributed by atoms with van der Waals surface area (Å²) in [5.41, 5.74) is 3.90. The van der Waals surface area contributed by atoms with E-state index >= 15 is 0 Å². The van der Waals surface area contributed by atoms with Gasteiger partial charge in [0.1, 0.15) is 12.4 Å². The average molecular weight is 374 g/mol. The van der Waals surface area contributed by atoms with Crippen molar-refractivity contribution in [2.24, 2.45) is 0 Å². The molecule has 28 heavy (non-hydrogen) atoms. The maximum absolute atomic E-state index is 9.93. The van der Waals surface area contributed by atoms with Crippen molar-refractivity contribution in [2.75, 3.05) is 7.11 Å². The maximum atomic E-state index is 9.93. The summed E-state index contributed by atoms with van der Waals surface area (Å²) in [7, 11) is 1.66. The van der Waals surface area contributed by atoms with Crippen LogP contribution in [0.4, 0.5) is 0 Å². The van der Waals surface area contributed by atoms with Gasteiger partial charge in [-0.05, 0) is 29.3 Å². The molecule has 0 bridgehead atoms. The van der Waals surface area contributed by atoms with E-state index in [4.69, 9.17) is 9.47 Å². The van der Waals surface area contributed by atoms with Crippen LogP contribution in [-0.2, 0) is 19.8 Å². The Bertz CT molecular complexity index is 1060. The molecule has 5 nitrogen and oxygen atoms in total. The molecule has 0 spiro atoms. The Morgan fingerprint density at radius 2 is 1.75 bits per heavy atom. The second kappa shape index (κ2) is 8.15. The third-order valence-electron chi connectivity index (χ3n) is 4.78. The number of rotatable bonds is 7. The van der Waals surface area contributed by atoms with E-state index < -0.39 is 0 Å². The van der Waals surface area contributed by atoms with Crippen LogP contribution in [0.2, 0.25) is 0 Å². The summed E-state index contributed by atoms with van der Waals surface area (Å²) in [6.45, 7) is 1.00. The molecule has 0 atom stereocenters. The van der Waals surface area contributed by atoms with Crippen LogP contribution in [0.25, 0.3) is 10.9 Å². The lowest BCUT2D eigenvalue weighted by Crippen LogP contribution is -2.03. The van der Waals surface area contributed by atoms with Gasteiger partial charge in [-0.3, -0.25) is 0 Å². The largest absolute Gasteiger partial charge is 0.497 e. The van der Waals surface area contributed by atoms with Crippen molar-refractivity contribution in [3.05, 3.63) is 89.7 Å². The van der Waals surface area contributed by atoms with Crippen molar-refractivity contribution >= 4 is 10.9 Å². The first kappa shape index (κ1) is 18.1. The van der Waals surface area contributed by atoms with Gasteiger partial charge in [-0.15, -0.1) is 0 Å². The predicted molar refractivity (Wildman–Crippen MR) is 109 cm³/mol. The standard InChI is InChI=1S/C23H22N2O3/c1-27-19-9-7-17(8-10-19)14-25-12-11-20-21(15-26)23(24-13-22(20)25)28-16-18-5-3-2-4-6-18/h2-13,26H,14-16H2,1H3. The molecular weight excluding hydrogens is 352 g/mol. The molecule has 0 saturated carbocycles. The lowest BCUT2D eigenvalue weighted by molar-refractivity contribution is 0.254. The summed E-state index contributed by atoms with van der Waals surface area (Å²) >= 11 is 0. The number of methoxy groups -OCH3 is 1. The highest BCUT2D eigenvalue weighted by atomic mass is 16.5. The first-order valence-corrected chi connectivity index (χ1v) is 9.15. The highest BCUT2D eigenvalue weighted by Gasteiger charge is 2.13. The molecule has 0 fully saturated rings. The van der Waals surface area contributed by atoms with E-state index in [1.807, 2.05) is 66.9 Å². The normalized spacial score (nSPS) is 10.9. The van der Waals surface area contributed by atoms with Gasteiger partial charge in [-0.1, -0.05) is 42.5 Å². The van der Waals surface area contributed by atoms with Gasteiger partial charge >= 0.3 is 0 Å². The maximum Gasteiger partial charge on any atom is 0.219 e. The highest BCUT2D eigenvalue weighted by molar-refractivity contribution is 5.84. The number of ether oxygens (including phenoxy) is 2. The van der Waals surface area contributed by atoms with Crippen LogP contribution in [0.3, 0.4) is 0 Å². The molecule has 2 aromatic heterocycles. The Labute approximate surface area is 163 Å². The molecule has 4 aromatic rings. The van der Waals surface area contributed by atoms with Gasteiger partial charge in [0.25, 0.3) is 0 Å². The highest BCUT2D eigenvalue weighted by Crippen LogP contribution is 2.28. The molecule has 0 unspecified atom stereocenters. The minimum atomic E-state index is -0.124. The fourth-order valence-corrected chi connectivity index (χ4v) is 3.27. The first-order valence-electron chi connectivity index (χ1n) is 9.15. The summed E-state index contributed by atoms with van der Waals surface area (Å²) in [6, 6.07) is 19.9. The number of aromatic nitrogens is 2. The van der Waals surface area contributed by atoms with E-state index in [0.29, 0.717) is 24.6 Å². The molecule has 0 amide bonds. The van der Waals surface area contributed by atoms with E-state index in [0.717, 1.165) is 27.8 Å². The van der Waals surface area contributed by atoms with Crippen LogP contribution < -0.4 is 9.47 Å². The zero-order valence-electron chi connectivity index (χ0n) is 15.7. The van der Waals surface area contributed by atoms with Crippen LogP contribution in [0, 0.1) is 0 Å². The number of fused-ring (bicyclic) bond motifs is 1. The van der Waals surface area contributed by atoms with Crippen LogP contribution in [-0.4, -0.2) is 21.8 Å². The Hall–Kier alpha value is -3.31. The van der Waals surface area contributed by atoms with E-state index in [9.17, 15) is 5.11 Å². The summed E-state index contributed by atoms with van der Waals surface area (Å²) in [6.07, 6.45) is 3.81. The molecule has 0 aliphatic heterocycles. The third-order valence-corrected chi connectivity index (χ3v) is 4.78. The molecule has 2 heterocycles. The number of nitrogens with zero attached hydrogens (tertiary/aromatic N) is 2. The van der Waals surface area contributed by atoms with Crippen molar-refractivity contribution in [3.63, 3.8) is 0 Å². The van der Waals surface area contributed by atoms with Crippen LogP contribution in [0.1, 0.15) is 16.7 Å². The molecular formula is C23H22N2O3. The van der Waals surface area contributed by atoms with E-state index in [1.165, 1.54) is 0 Å². The molecule has 0 radical (unpaired) electrons. The SMILES string of the molecule is COc1ccc(Cn2ccc3c(CO)c(OCc4ccccc4)ncc32)cc1. The second-order valence-corrected chi connectivity index (χ2v) is 6.56. The first-order chi connectivity index (χ1) is 13.8. The number of benzene rings is 2. The molecule has 142 valence electrons. The fourth-order valence-electron chi connectivity index (χ4n) is 3.27. The Morgan fingerprint density at radius 1 is 0.964 bits per heavy atom. The third kappa shape index (κ3) is 3.70. The lowest BCUT2D eigenvalue weighted by Gasteiger charge is -2.12. The lowest BCUT2D eigenvalue weighted by atomic mass is 10.2. The summed E-state index contributed by atoms with van der Waals surface area (Å²) in [5.74, 6) is 1.31. The summed E-state index contributed by atoms with van der Waals surface area (Å²) in [5, 5.41) is 10.9. The molecule has 0 saturated heterocycles. The van der Waals surface area contributed by atoms with Crippen molar-refractivity contribution in [1.29, 1.82) is 0 Å². The molecule has 1 N–H and O–H groups in total. The molecule has 4 rings (SSSR count). The zero-order valence-corrected chi connectivity index (χ0v) is 15.7. The fraction of sp³-hybridized carbons (Fsp3) is 0.174. The summed E-state index contributed by atoms with van der Waals surface area (Å²) in [4.78, 5) is 4.47. The Kier molecular flexibility index (Phi) is 5.26. The molecule has 5 heteroatoms. The second-order valence-electron chi connectivity index (χ2n) is 6.56. The molecule has 0 aliphatic carbocycles. The van der Waals surface area contributed by atoms with Crippen molar-refractivity contribution < 1.29 is 14.6 Å². The van der Waals surface area contributed by atoms with Gasteiger partial charge in [0.2, 0.25) is 5.88 Å². The number of aliphatic hydroxyl groups excluding tert-OH is 1. The van der Waals surface area contributed by atoms with Gasteiger partial charge < -0.3 is 19.1 Å². The van der Waals surface area contributed by atoms with Crippen molar-refractivity contribution in [3.8, 4) is 11.6 Å². The smallest absolute Gasteiger partial charge is 0.219 e. The van der Waals surface area contributed by atoms with Crippen LogP contribution in [0.15, 0.2) is 73.1 Å². The van der Waals surface area contributed by atoms with Gasteiger partial charge in [0.15, 0.2) is 0 Å². The van der Waals surface area contributed by atoms with E-state index in [2.05, 4.69) is 9.55 Å². The number of pyridine rings is 1. The topological polar surface area (TPSA) is 56.5 Å². The minimum absolute atomic E-state index is 0.124. The summed E-state index contributed by atoms with van der Waals surface area (Å²) < 4.78 is 13.2. The van der Waals surface area contributed by atoms with Gasteiger partial charge in [-0.2, -0.15) is 0 Å². The van der Waals surface area contributed by atoms with Gasteiger partial charge in [0, 0.05) is 23.7 Å². The Balaban J connectivity index is 1.59.